The van der Waals surface area contributed by atoms with Crippen LogP contribution in [-0.4, -0.2) is 13.0 Å². The predicted molar refractivity (Wildman–Crippen MR) is 89.6 cm³/mol. The highest BCUT2D eigenvalue weighted by molar-refractivity contribution is 14.1. The Labute approximate surface area is 132 Å². The van der Waals surface area contributed by atoms with Gasteiger partial charge in [0.25, 0.3) is 5.91 Å². The Morgan fingerprint density at radius 3 is 2.40 bits per heavy atom. The number of methoxy groups -OCH3 is 1. The first-order chi connectivity index (χ1) is 9.51. The van der Waals surface area contributed by atoms with Crippen molar-refractivity contribution < 1.29 is 9.53 Å². The van der Waals surface area contributed by atoms with Gasteiger partial charge in [-0.2, -0.15) is 0 Å². The number of ether oxygens (including phenoxy) is 1. The van der Waals surface area contributed by atoms with Crippen molar-refractivity contribution in [2.45, 2.75) is 13.8 Å². The number of anilines is 1. The number of carbonyl (C=O) groups is 1. The Morgan fingerprint density at radius 1 is 1.10 bits per heavy atom. The zero-order chi connectivity index (χ0) is 14.7. The molecule has 2 rings (SSSR count). The normalized spacial score (nSPS) is 10.2. The molecular weight excluding hydrogens is 365 g/mol. The fraction of sp³-hybridized carbons (Fsp3) is 0.188. The molecule has 1 N–H and O–H groups in total. The maximum atomic E-state index is 12.4. The molecule has 0 aliphatic heterocycles. The standard InChI is InChI=1S/C16H16INO2/c1-10-4-6-12(13(17)8-10)16(19)18-14-9-11(2)5-7-15(14)20-3/h4-9H,1-3H3,(H,18,19). The number of benzene rings is 2. The van der Waals surface area contributed by atoms with Crippen molar-refractivity contribution in [2.75, 3.05) is 12.4 Å². The molecule has 0 aromatic heterocycles. The van der Waals surface area contributed by atoms with Gasteiger partial charge in [0.1, 0.15) is 5.75 Å². The van der Waals surface area contributed by atoms with E-state index in [4.69, 9.17) is 4.74 Å². The van der Waals surface area contributed by atoms with Crippen LogP contribution in [0.1, 0.15) is 21.5 Å². The van der Waals surface area contributed by atoms with Gasteiger partial charge in [0.2, 0.25) is 0 Å². The lowest BCUT2D eigenvalue weighted by Crippen LogP contribution is -2.14. The number of hydrogen-bond acceptors (Lipinski definition) is 2. The van der Waals surface area contributed by atoms with E-state index in [2.05, 4.69) is 27.9 Å². The molecule has 0 saturated carbocycles. The summed E-state index contributed by atoms with van der Waals surface area (Å²) < 4.78 is 6.21. The summed E-state index contributed by atoms with van der Waals surface area (Å²) in [5.41, 5.74) is 3.56. The molecule has 20 heavy (non-hydrogen) atoms. The molecule has 1 amide bonds. The van der Waals surface area contributed by atoms with Gasteiger partial charge in [-0.25, -0.2) is 0 Å². The summed E-state index contributed by atoms with van der Waals surface area (Å²) in [5, 5.41) is 2.91. The van der Waals surface area contributed by atoms with Crippen LogP contribution in [0.5, 0.6) is 5.75 Å². The monoisotopic (exact) mass is 381 g/mol. The second kappa shape index (κ2) is 6.26. The molecule has 0 heterocycles. The molecule has 3 nitrogen and oxygen atoms in total. The van der Waals surface area contributed by atoms with Gasteiger partial charge >= 0.3 is 0 Å². The molecule has 2 aromatic carbocycles. The fourth-order valence-corrected chi connectivity index (χ4v) is 2.83. The van der Waals surface area contributed by atoms with Gasteiger partial charge in [-0.1, -0.05) is 17.7 Å². The maximum absolute atomic E-state index is 12.4. The van der Waals surface area contributed by atoms with Crippen molar-refractivity contribution in [2.24, 2.45) is 0 Å². The van der Waals surface area contributed by atoms with Crippen molar-refractivity contribution in [3.8, 4) is 5.75 Å². The SMILES string of the molecule is COc1ccc(C)cc1NC(=O)c1ccc(C)cc1I. The topological polar surface area (TPSA) is 38.3 Å². The predicted octanol–water partition coefficient (Wildman–Crippen LogP) is 4.17. The molecule has 4 heteroatoms. The number of nitrogens with one attached hydrogen (secondary N) is 1. The average molecular weight is 381 g/mol. The number of rotatable bonds is 3. The highest BCUT2D eigenvalue weighted by atomic mass is 127. The van der Waals surface area contributed by atoms with E-state index in [-0.39, 0.29) is 5.91 Å². The van der Waals surface area contributed by atoms with E-state index in [1.165, 1.54) is 0 Å². The van der Waals surface area contributed by atoms with Crippen molar-refractivity contribution in [1.82, 2.24) is 0 Å². The summed E-state index contributed by atoms with van der Waals surface area (Å²) in [6.45, 7) is 3.98. The van der Waals surface area contributed by atoms with E-state index in [1.54, 1.807) is 7.11 Å². The second-order valence-electron chi connectivity index (χ2n) is 4.64. The van der Waals surface area contributed by atoms with Crippen molar-refractivity contribution >= 4 is 34.2 Å². The average Bonchev–Trinajstić information content (AvgIpc) is 2.38. The van der Waals surface area contributed by atoms with Crippen LogP contribution in [-0.2, 0) is 0 Å². The Morgan fingerprint density at radius 2 is 1.75 bits per heavy atom. The van der Waals surface area contributed by atoms with Gasteiger partial charge in [0, 0.05) is 3.57 Å². The maximum Gasteiger partial charge on any atom is 0.256 e. The number of halogens is 1. The van der Waals surface area contributed by atoms with E-state index in [1.807, 2.05) is 50.2 Å². The Kier molecular flexibility index (Phi) is 4.65. The Bertz CT molecular complexity index is 653. The summed E-state index contributed by atoms with van der Waals surface area (Å²) in [4.78, 5) is 12.4. The molecule has 0 aliphatic rings. The Balaban J connectivity index is 2.30. The molecule has 2 aromatic rings. The van der Waals surface area contributed by atoms with Gasteiger partial charge in [-0.3, -0.25) is 4.79 Å². The van der Waals surface area contributed by atoms with E-state index < -0.39 is 0 Å². The summed E-state index contributed by atoms with van der Waals surface area (Å²) >= 11 is 2.18. The molecule has 0 spiro atoms. The first-order valence-corrected chi connectivity index (χ1v) is 7.31. The van der Waals surface area contributed by atoms with Crippen molar-refractivity contribution in [3.05, 3.63) is 56.7 Å². The highest BCUT2D eigenvalue weighted by Crippen LogP contribution is 2.26. The van der Waals surface area contributed by atoms with Crippen LogP contribution in [0.25, 0.3) is 0 Å². The third-order valence-corrected chi connectivity index (χ3v) is 3.86. The Hall–Kier alpha value is -1.56. The van der Waals surface area contributed by atoms with Crippen LogP contribution in [0.3, 0.4) is 0 Å². The van der Waals surface area contributed by atoms with E-state index in [0.29, 0.717) is 17.0 Å². The van der Waals surface area contributed by atoms with Gasteiger partial charge < -0.3 is 10.1 Å². The molecule has 0 saturated heterocycles. The minimum absolute atomic E-state index is 0.127. The molecule has 0 aliphatic carbocycles. The van der Waals surface area contributed by atoms with Gasteiger partial charge in [0.15, 0.2) is 0 Å². The van der Waals surface area contributed by atoms with Crippen molar-refractivity contribution in [1.29, 1.82) is 0 Å². The lowest BCUT2D eigenvalue weighted by Gasteiger charge is -2.12. The number of amides is 1. The highest BCUT2D eigenvalue weighted by Gasteiger charge is 2.12. The minimum atomic E-state index is -0.127. The fourth-order valence-electron chi connectivity index (χ4n) is 1.91. The molecule has 0 fully saturated rings. The van der Waals surface area contributed by atoms with Crippen LogP contribution in [0.2, 0.25) is 0 Å². The molecule has 0 atom stereocenters. The lowest BCUT2D eigenvalue weighted by atomic mass is 10.1. The summed E-state index contributed by atoms with van der Waals surface area (Å²) in [6, 6.07) is 11.5. The van der Waals surface area contributed by atoms with Crippen molar-refractivity contribution in [3.63, 3.8) is 0 Å². The van der Waals surface area contributed by atoms with Crippen LogP contribution < -0.4 is 10.1 Å². The first kappa shape index (κ1) is 14.8. The summed E-state index contributed by atoms with van der Waals surface area (Å²) in [6.07, 6.45) is 0. The van der Waals surface area contributed by atoms with Crippen LogP contribution in [0.15, 0.2) is 36.4 Å². The van der Waals surface area contributed by atoms with Gasteiger partial charge in [-0.15, -0.1) is 0 Å². The second-order valence-corrected chi connectivity index (χ2v) is 5.80. The van der Waals surface area contributed by atoms with Gasteiger partial charge in [-0.05, 0) is 66.3 Å². The van der Waals surface area contributed by atoms with Gasteiger partial charge in [0.05, 0.1) is 18.4 Å². The zero-order valence-corrected chi connectivity index (χ0v) is 13.8. The largest absolute Gasteiger partial charge is 0.495 e. The van der Waals surface area contributed by atoms with E-state index in [0.717, 1.165) is 14.7 Å². The summed E-state index contributed by atoms with van der Waals surface area (Å²) in [7, 11) is 1.59. The minimum Gasteiger partial charge on any atom is -0.495 e. The van der Waals surface area contributed by atoms with Crippen LogP contribution in [0.4, 0.5) is 5.69 Å². The van der Waals surface area contributed by atoms with Crippen LogP contribution in [0, 0.1) is 17.4 Å². The molecular formula is C16H16INO2. The summed E-state index contributed by atoms with van der Waals surface area (Å²) in [5.74, 6) is 0.532. The first-order valence-electron chi connectivity index (χ1n) is 6.23. The third kappa shape index (κ3) is 3.30. The van der Waals surface area contributed by atoms with Crippen LogP contribution >= 0.6 is 22.6 Å². The quantitative estimate of drug-likeness (QED) is 0.811. The molecule has 104 valence electrons. The molecule has 0 bridgehead atoms. The number of hydrogen-bond donors (Lipinski definition) is 1. The third-order valence-electron chi connectivity index (χ3n) is 2.97. The van der Waals surface area contributed by atoms with E-state index in [9.17, 15) is 4.79 Å². The number of carbonyl (C=O) groups excluding carboxylic acids is 1. The lowest BCUT2D eigenvalue weighted by molar-refractivity contribution is 0.102. The zero-order valence-electron chi connectivity index (χ0n) is 11.7. The number of aryl methyl sites for hydroxylation is 2. The smallest absolute Gasteiger partial charge is 0.256 e. The molecule has 0 radical (unpaired) electrons. The molecule has 0 unspecified atom stereocenters. The van der Waals surface area contributed by atoms with E-state index >= 15 is 0 Å².